The highest BCUT2D eigenvalue weighted by molar-refractivity contribution is 7.80. The molecule has 0 unspecified atom stereocenters. The molecular formula is C20H27N5O2S. The zero-order valence-electron chi connectivity index (χ0n) is 16.5. The third kappa shape index (κ3) is 4.32. The average Bonchev–Trinajstić information content (AvgIpc) is 2.68. The number of nitrogens with one attached hydrogen (secondary N) is 3. The Bertz CT molecular complexity index is 940. The van der Waals surface area contributed by atoms with Gasteiger partial charge >= 0.3 is 0 Å². The van der Waals surface area contributed by atoms with Crippen LogP contribution in [0.4, 0.5) is 0 Å². The van der Waals surface area contributed by atoms with Crippen LogP contribution in [0.25, 0.3) is 10.8 Å². The number of carbonyl (C=O) groups is 1. The van der Waals surface area contributed by atoms with E-state index in [2.05, 4.69) is 28.2 Å². The Balaban J connectivity index is 1.75. The van der Waals surface area contributed by atoms with Crippen molar-refractivity contribution < 1.29 is 4.79 Å². The fourth-order valence-electron chi connectivity index (χ4n) is 3.63. The zero-order chi connectivity index (χ0) is 20.3. The Hall–Kier alpha value is -2.48. The molecule has 0 radical (unpaired) electrons. The lowest BCUT2D eigenvalue weighted by Gasteiger charge is -2.30. The maximum Gasteiger partial charge on any atom is 0.290 e. The van der Waals surface area contributed by atoms with Gasteiger partial charge in [0, 0.05) is 11.4 Å². The highest BCUT2D eigenvalue weighted by Gasteiger charge is 2.22. The summed E-state index contributed by atoms with van der Waals surface area (Å²) in [6.45, 7) is 5.92. The number of hydrogen-bond donors (Lipinski definition) is 3. The number of benzene rings is 1. The van der Waals surface area contributed by atoms with Crippen LogP contribution in [0.15, 0.2) is 29.1 Å². The van der Waals surface area contributed by atoms with Gasteiger partial charge in [-0.1, -0.05) is 38.0 Å². The lowest BCUT2D eigenvalue weighted by Crippen LogP contribution is -2.51. The molecule has 1 fully saturated rings. The van der Waals surface area contributed by atoms with Crippen molar-refractivity contribution in [3.05, 3.63) is 40.3 Å². The predicted molar refractivity (Wildman–Crippen MR) is 114 cm³/mol. The summed E-state index contributed by atoms with van der Waals surface area (Å²) in [4.78, 5) is 25.4. The molecule has 8 heteroatoms. The SMILES string of the molecule is CC(C)n1nc(C(=O)NNC(=S)N[C@H]2CCCC[C@H]2C)c2ccccc2c1=O. The predicted octanol–water partition coefficient (Wildman–Crippen LogP) is 2.67. The normalized spacial score (nSPS) is 19.4. The van der Waals surface area contributed by atoms with Crippen molar-refractivity contribution in [2.45, 2.75) is 58.5 Å². The number of fused-ring (bicyclic) bond motifs is 1. The Labute approximate surface area is 169 Å². The third-order valence-corrected chi connectivity index (χ3v) is 5.47. The molecule has 0 aliphatic heterocycles. The number of thiocarbonyl (C=S) groups is 1. The van der Waals surface area contributed by atoms with Gasteiger partial charge in [0.25, 0.3) is 11.5 Å². The molecule has 1 aromatic heterocycles. The molecular weight excluding hydrogens is 374 g/mol. The van der Waals surface area contributed by atoms with Crippen LogP contribution in [0.2, 0.25) is 0 Å². The molecule has 1 aliphatic rings. The van der Waals surface area contributed by atoms with Crippen molar-refractivity contribution in [2.24, 2.45) is 5.92 Å². The van der Waals surface area contributed by atoms with Crippen LogP contribution in [0.5, 0.6) is 0 Å². The van der Waals surface area contributed by atoms with Gasteiger partial charge in [0.05, 0.1) is 11.4 Å². The molecule has 1 amide bonds. The second kappa shape index (κ2) is 8.68. The highest BCUT2D eigenvalue weighted by Crippen LogP contribution is 2.23. The summed E-state index contributed by atoms with van der Waals surface area (Å²) >= 11 is 5.33. The third-order valence-electron chi connectivity index (χ3n) is 5.25. The molecule has 7 nitrogen and oxygen atoms in total. The lowest BCUT2D eigenvalue weighted by molar-refractivity contribution is 0.0937. The molecule has 1 aliphatic carbocycles. The van der Waals surface area contributed by atoms with Crippen LogP contribution in [0.1, 0.15) is 63.0 Å². The number of hydrogen-bond acceptors (Lipinski definition) is 4. The van der Waals surface area contributed by atoms with Crippen LogP contribution < -0.4 is 21.7 Å². The molecule has 2 atom stereocenters. The van der Waals surface area contributed by atoms with Crippen molar-refractivity contribution in [1.82, 2.24) is 25.9 Å². The maximum atomic E-state index is 12.8. The van der Waals surface area contributed by atoms with E-state index in [1.807, 2.05) is 13.8 Å². The average molecular weight is 402 g/mol. The van der Waals surface area contributed by atoms with Gasteiger partial charge in [-0.25, -0.2) is 4.68 Å². The first kappa shape index (κ1) is 20.3. The number of carbonyl (C=O) groups excluding carboxylic acids is 1. The van der Waals surface area contributed by atoms with Gasteiger partial charge in [-0.2, -0.15) is 5.10 Å². The van der Waals surface area contributed by atoms with Crippen LogP contribution in [0.3, 0.4) is 0 Å². The Kier molecular flexibility index (Phi) is 6.28. The number of hydrazine groups is 1. The first-order valence-electron chi connectivity index (χ1n) is 9.77. The molecule has 0 bridgehead atoms. The van der Waals surface area contributed by atoms with E-state index >= 15 is 0 Å². The summed E-state index contributed by atoms with van der Waals surface area (Å²) in [6, 6.07) is 7.14. The summed E-state index contributed by atoms with van der Waals surface area (Å²) in [7, 11) is 0. The number of rotatable bonds is 3. The first-order valence-corrected chi connectivity index (χ1v) is 10.2. The summed E-state index contributed by atoms with van der Waals surface area (Å²) in [5, 5.41) is 8.94. The molecule has 3 rings (SSSR count). The van der Waals surface area contributed by atoms with Crippen molar-refractivity contribution >= 4 is 34.0 Å². The summed E-state index contributed by atoms with van der Waals surface area (Å²) in [5.74, 6) is 0.107. The Morgan fingerprint density at radius 3 is 2.54 bits per heavy atom. The van der Waals surface area contributed by atoms with Gasteiger partial charge < -0.3 is 5.32 Å². The quantitative estimate of drug-likeness (QED) is 0.541. The number of aromatic nitrogens is 2. The van der Waals surface area contributed by atoms with Gasteiger partial charge in [-0.05, 0) is 50.9 Å². The van der Waals surface area contributed by atoms with Crippen molar-refractivity contribution in [3.63, 3.8) is 0 Å². The lowest BCUT2D eigenvalue weighted by atomic mass is 9.86. The van der Waals surface area contributed by atoms with Crippen LogP contribution >= 0.6 is 12.2 Å². The van der Waals surface area contributed by atoms with E-state index in [4.69, 9.17) is 12.2 Å². The summed E-state index contributed by atoms with van der Waals surface area (Å²) in [6.07, 6.45) is 4.69. The molecule has 28 heavy (non-hydrogen) atoms. The molecule has 150 valence electrons. The van der Waals surface area contributed by atoms with E-state index in [0.29, 0.717) is 27.8 Å². The molecule has 2 aromatic rings. The zero-order valence-corrected chi connectivity index (χ0v) is 17.3. The molecule has 1 aromatic carbocycles. The largest absolute Gasteiger partial charge is 0.358 e. The minimum Gasteiger partial charge on any atom is -0.358 e. The van der Waals surface area contributed by atoms with E-state index in [1.165, 1.54) is 23.9 Å². The second-order valence-electron chi connectivity index (χ2n) is 7.66. The summed E-state index contributed by atoms with van der Waals surface area (Å²) in [5.41, 5.74) is 5.36. The Morgan fingerprint density at radius 1 is 1.18 bits per heavy atom. The monoisotopic (exact) mass is 401 g/mol. The molecule has 1 heterocycles. The van der Waals surface area contributed by atoms with Crippen molar-refractivity contribution in [1.29, 1.82) is 0 Å². The van der Waals surface area contributed by atoms with E-state index in [-0.39, 0.29) is 17.3 Å². The van der Waals surface area contributed by atoms with Gasteiger partial charge in [0.15, 0.2) is 10.8 Å². The van der Waals surface area contributed by atoms with E-state index in [0.717, 1.165) is 6.42 Å². The van der Waals surface area contributed by atoms with Gasteiger partial charge in [0.1, 0.15) is 0 Å². The fourth-order valence-corrected chi connectivity index (χ4v) is 3.83. The number of nitrogens with zero attached hydrogens (tertiary/aromatic N) is 2. The fraction of sp³-hybridized carbons (Fsp3) is 0.500. The molecule has 0 saturated heterocycles. The van der Waals surface area contributed by atoms with Crippen LogP contribution in [0, 0.1) is 5.92 Å². The standard InChI is InChI=1S/C20H27N5O2S/c1-12(2)25-19(27)15-10-6-5-9-14(15)17(24-25)18(26)22-23-20(28)21-16-11-7-4-8-13(16)3/h5-6,9-10,12-13,16H,4,7-8,11H2,1-3H3,(H,22,26)(H2,21,23,28)/t13-,16+/m1/s1. The van der Waals surface area contributed by atoms with Crippen LogP contribution in [-0.2, 0) is 0 Å². The van der Waals surface area contributed by atoms with E-state index < -0.39 is 5.91 Å². The van der Waals surface area contributed by atoms with E-state index in [9.17, 15) is 9.59 Å². The molecule has 0 spiro atoms. The smallest absolute Gasteiger partial charge is 0.290 e. The van der Waals surface area contributed by atoms with Gasteiger partial charge in [0.2, 0.25) is 0 Å². The van der Waals surface area contributed by atoms with Crippen molar-refractivity contribution in [3.8, 4) is 0 Å². The van der Waals surface area contributed by atoms with Crippen LogP contribution in [-0.4, -0.2) is 26.8 Å². The van der Waals surface area contributed by atoms with Gasteiger partial charge in [-0.3, -0.25) is 20.4 Å². The maximum absolute atomic E-state index is 12.8. The summed E-state index contributed by atoms with van der Waals surface area (Å²) < 4.78 is 1.33. The van der Waals surface area contributed by atoms with E-state index in [1.54, 1.807) is 24.3 Å². The van der Waals surface area contributed by atoms with Gasteiger partial charge in [-0.15, -0.1) is 0 Å². The highest BCUT2D eigenvalue weighted by atomic mass is 32.1. The molecule has 3 N–H and O–H groups in total. The minimum absolute atomic E-state index is 0.160. The molecule has 1 saturated carbocycles. The van der Waals surface area contributed by atoms with Crippen molar-refractivity contribution in [2.75, 3.05) is 0 Å². The minimum atomic E-state index is -0.438. The number of amides is 1. The Morgan fingerprint density at radius 2 is 1.86 bits per heavy atom. The second-order valence-corrected chi connectivity index (χ2v) is 8.07. The first-order chi connectivity index (χ1) is 13.4. The topological polar surface area (TPSA) is 88.1 Å².